The van der Waals surface area contributed by atoms with Gasteiger partial charge in [-0.25, -0.2) is 4.79 Å². The third-order valence-corrected chi connectivity index (χ3v) is 1.93. The lowest BCUT2D eigenvalue weighted by Crippen LogP contribution is -2.04. The summed E-state index contributed by atoms with van der Waals surface area (Å²) in [6, 6.07) is 7.30. The molecule has 1 aromatic carbocycles. The van der Waals surface area contributed by atoms with Crippen molar-refractivity contribution in [1.82, 2.24) is 0 Å². The second kappa shape index (κ2) is 6.47. The van der Waals surface area contributed by atoms with E-state index < -0.39 is 0 Å². The first kappa shape index (κ1) is 12.1. The number of rotatable bonds is 3. The first-order chi connectivity index (χ1) is 7.77. The Morgan fingerprint density at radius 1 is 1.56 bits per heavy atom. The van der Waals surface area contributed by atoms with Crippen LogP contribution in [0.4, 0.5) is 0 Å². The van der Waals surface area contributed by atoms with Gasteiger partial charge in [0.05, 0.1) is 12.2 Å². The molecule has 0 saturated carbocycles. The van der Waals surface area contributed by atoms with E-state index in [1.165, 1.54) is 0 Å². The average molecular weight is 214 g/mol. The molecule has 0 aliphatic rings. The molecule has 0 N–H and O–H groups in total. The minimum atomic E-state index is -0.291. The number of ether oxygens (including phenoxy) is 1. The Labute approximate surface area is 95.9 Å². The van der Waals surface area contributed by atoms with Gasteiger partial charge in [0.1, 0.15) is 0 Å². The van der Waals surface area contributed by atoms with E-state index in [1.807, 2.05) is 12.1 Å². The lowest BCUT2D eigenvalue weighted by Gasteiger charge is -2.02. The van der Waals surface area contributed by atoms with Crippen molar-refractivity contribution in [3.05, 3.63) is 48.0 Å². The van der Waals surface area contributed by atoms with Crippen LogP contribution in [0.3, 0.4) is 0 Å². The molecule has 1 aromatic rings. The molecule has 0 saturated heterocycles. The van der Waals surface area contributed by atoms with Crippen LogP contribution in [0.2, 0.25) is 0 Å². The van der Waals surface area contributed by atoms with Crippen molar-refractivity contribution >= 4 is 5.97 Å². The van der Waals surface area contributed by atoms with Crippen molar-refractivity contribution in [1.29, 1.82) is 0 Å². The number of carbonyl (C=O) groups excluding carboxylic acids is 1. The zero-order valence-corrected chi connectivity index (χ0v) is 9.32. The van der Waals surface area contributed by atoms with E-state index in [1.54, 1.807) is 25.1 Å². The maximum absolute atomic E-state index is 11.5. The summed E-state index contributed by atoms with van der Waals surface area (Å²) >= 11 is 0. The summed E-state index contributed by atoms with van der Waals surface area (Å²) in [6.07, 6.45) is 2.16. The second-order valence-corrected chi connectivity index (χ2v) is 3.12. The summed E-state index contributed by atoms with van der Waals surface area (Å²) < 4.78 is 4.92. The number of esters is 1. The van der Waals surface area contributed by atoms with Gasteiger partial charge in [0.2, 0.25) is 0 Å². The summed E-state index contributed by atoms with van der Waals surface area (Å²) in [6.45, 7) is 5.69. The molecule has 1 rings (SSSR count). The molecule has 0 atom stereocenters. The normalized spacial score (nSPS) is 8.81. The van der Waals surface area contributed by atoms with Crippen molar-refractivity contribution in [3.63, 3.8) is 0 Å². The van der Waals surface area contributed by atoms with Gasteiger partial charge in [-0.15, -0.1) is 0 Å². The van der Waals surface area contributed by atoms with Crippen molar-refractivity contribution < 1.29 is 9.53 Å². The minimum Gasteiger partial charge on any atom is -0.462 e. The molecule has 0 radical (unpaired) electrons. The van der Waals surface area contributed by atoms with E-state index in [9.17, 15) is 4.79 Å². The van der Waals surface area contributed by atoms with E-state index in [4.69, 9.17) is 4.74 Å². The van der Waals surface area contributed by atoms with Gasteiger partial charge in [0.15, 0.2) is 0 Å². The van der Waals surface area contributed by atoms with Crippen LogP contribution in [-0.4, -0.2) is 12.6 Å². The molecule has 0 amide bonds. The molecular weight excluding hydrogens is 200 g/mol. The van der Waals surface area contributed by atoms with Crippen LogP contribution in [0.15, 0.2) is 36.9 Å². The fourth-order valence-corrected chi connectivity index (χ4v) is 1.25. The van der Waals surface area contributed by atoms with Gasteiger partial charge in [-0.2, -0.15) is 0 Å². The molecule has 0 fully saturated rings. The second-order valence-electron chi connectivity index (χ2n) is 3.12. The lowest BCUT2D eigenvalue weighted by molar-refractivity contribution is 0.0526. The van der Waals surface area contributed by atoms with E-state index in [-0.39, 0.29) is 5.97 Å². The zero-order chi connectivity index (χ0) is 11.8. The van der Waals surface area contributed by atoms with Crippen LogP contribution >= 0.6 is 0 Å². The lowest BCUT2D eigenvalue weighted by atomic mass is 10.1. The van der Waals surface area contributed by atoms with Crippen LogP contribution in [0.25, 0.3) is 0 Å². The van der Waals surface area contributed by atoms with Crippen molar-refractivity contribution in [3.8, 4) is 11.8 Å². The molecule has 16 heavy (non-hydrogen) atoms. The largest absolute Gasteiger partial charge is 0.462 e. The zero-order valence-electron chi connectivity index (χ0n) is 9.32. The molecule has 0 bridgehead atoms. The van der Waals surface area contributed by atoms with Gasteiger partial charge in [0.25, 0.3) is 0 Å². The Morgan fingerprint density at radius 3 is 3.06 bits per heavy atom. The summed E-state index contributed by atoms with van der Waals surface area (Å²) in [7, 11) is 0. The Kier molecular flexibility index (Phi) is 4.88. The van der Waals surface area contributed by atoms with Crippen LogP contribution < -0.4 is 0 Å². The standard InChI is InChI=1S/C14H14O2/c1-3-5-6-8-12-9-7-10-13(11-12)14(15)16-4-2/h3,7,9-11H,1,4,8H2,2H3. The summed E-state index contributed by atoms with van der Waals surface area (Å²) in [5.41, 5.74) is 1.57. The van der Waals surface area contributed by atoms with Crippen molar-refractivity contribution in [2.24, 2.45) is 0 Å². The number of benzene rings is 1. The SMILES string of the molecule is C=CC#CCc1cccc(C(=O)OCC)c1. The molecule has 0 aromatic heterocycles. The van der Waals surface area contributed by atoms with E-state index in [0.717, 1.165) is 5.56 Å². The maximum Gasteiger partial charge on any atom is 0.338 e. The first-order valence-electron chi connectivity index (χ1n) is 5.13. The van der Waals surface area contributed by atoms with Crippen LogP contribution in [0.1, 0.15) is 22.8 Å². The molecule has 2 heteroatoms. The smallest absolute Gasteiger partial charge is 0.338 e. The highest BCUT2D eigenvalue weighted by molar-refractivity contribution is 5.89. The number of carbonyl (C=O) groups is 1. The molecule has 2 nitrogen and oxygen atoms in total. The number of allylic oxidation sites excluding steroid dienone is 1. The fraction of sp³-hybridized carbons (Fsp3) is 0.214. The number of hydrogen-bond donors (Lipinski definition) is 0. The highest BCUT2D eigenvalue weighted by atomic mass is 16.5. The van der Waals surface area contributed by atoms with Gasteiger partial charge in [0, 0.05) is 6.42 Å². The summed E-state index contributed by atoms with van der Waals surface area (Å²) in [5, 5.41) is 0. The Bertz CT molecular complexity index is 436. The molecule has 0 heterocycles. The van der Waals surface area contributed by atoms with Gasteiger partial charge in [-0.3, -0.25) is 0 Å². The van der Waals surface area contributed by atoms with Gasteiger partial charge < -0.3 is 4.74 Å². The molecule has 0 aliphatic carbocycles. The molecule has 82 valence electrons. The average Bonchev–Trinajstić information content (AvgIpc) is 2.30. The number of hydrogen-bond acceptors (Lipinski definition) is 2. The minimum absolute atomic E-state index is 0.291. The van der Waals surface area contributed by atoms with E-state index in [2.05, 4.69) is 18.4 Å². The van der Waals surface area contributed by atoms with Crippen molar-refractivity contribution in [2.75, 3.05) is 6.61 Å². The Hall–Kier alpha value is -2.01. The maximum atomic E-state index is 11.5. The molecule has 0 spiro atoms. The highest BCUT2D eigenvalue weighted by Crippen LogP contribution is 2.07. The van der Waals surface area contributed by atoms with Crippen molar-refractivity contribution in [2.45, 2.75) is 13.3 Å². The van der Waals surface area contributed by atoms with E-state index >= 15 is 0 Å². The quantitative estimate of drug-likeness (QED) is 0.571. The van der Waals surface area contributed by atoms with Crippen LogP contribution in [0.5, 0.6) is 0 Å². The highest BCUT2D eigenvalue weighted by Gasteiger charge is 2.05. The predicted octanol–water partition coefficient (Wildman–Crippen LogP) is 2.60. The third kappa shape index (κ3) is 3.62. The van der Waals surface area contributed by atoms with Crippen LogP contribution in [-0.2, 0) is 11.2 Å². The topological polar surface area (TPSA) is 26.3 Å². The van der Waals surface area contributed by atoms with Gasteiger partial charge >= 0.3 is 5.97 Å². The van der Waals surface area contributed by atoms with Crippen LogP contribution in [0, 0.1) is 11.8 Å². The molecule has 0 unspecified atom stereocenters. The monoisotopic (exact) mass is 214 g/mol. The summed E-state index contributed by atoms with van der Waals surface area (Å²) in [4.78, 5) is 11.5. The predicted molar refractivity (Wildman–Crippen MR) is 64.1 cm³/mol. The third-order valence-electron chi connectivity index (χ3n) is 1.93. The fourth-order valence-electron chi connectivity index (χ4n) is 1.25. The van der Waals surface area contributed by atoms with Gasteiger partial charge in [-0.1, -0.05) is 30.6 Å². The van der Waals surface area contributed by atoms with Gasteiger partial charge in [-0.05, 0) is 30.7 Å². The molecule has 0 aliphatic heterocycles. The Morgan fingerprint density at radius 2 is 2.38 bits per heavy atom. The first-order valence-corrected chi connectivity index (χ1v) is 5.13. The summed E-state index contributed by atoms with van der Waals surface area (Å²) in [5.74, 6) is 5.41. The van der Waals surface area contributed by atoms with E-state index in [0.29, 0.717) is 18.6 Å². The Balaban J connectivity index is 2.78. The molecular formula is C14H14O2.